The zero-order valence-corrected chi connectivity index (χ0v) is 29.5. The molecule has 4 aromatic carbocycles. The molecule has 268 valence electrons. The van der Waals surface area contributed by atoms with Gasteiger partial charge < -0.3 is 29.9 Å². The summed E-state index contributed by atoms with van der Waals surface area (Å²) in [4.78, 5) is 56.6. The number of nitrogens with one attached hydrogen (secondary N) is 2. The Hall–Kier alpha value is -5.90. The second-order valence-electron chi connectivity index (χ2n) is 12.7. The number of amides is 4. The highest BCUT2D eigenvalue weighted by Crippen LogP contribution is 2.28. The molecule has 2 aliphatic heterocycles. The molecule has 0 aliphatic carbocycles. The second kappa shape index (κ2) is 16.9. The van der Waals surface area contributed by atoms with Crippen molar-refractivity contribution in [1.82, 2.24) is 9.80 Å². The van der Waals surface area contributed by atoms with E-state index in [4.69, 9.17) is 9.47 Å². The fraction of sp³-hybridized carbons (Fsp3) is 0.286. The molecule has 2 N–H and O–H groups in total. The van der Waals surface area contributed by atoms with E-state index >= 15 is 0 Å². The van der Waals surface area contributed by atoms with E-state index in [1.807, 2.05) is 86.7 Å². The molecule has 2 fully saturated rings. The topological polar surface area (TPSA) is 117 Å². The summed E-state index contributed by atoms with van der Waals surface area (Å²) in [6.45, 7) is 5.67. The van der Waals surface area contributed by atoms with Crippen LogP contribution >= 0.6 is 0 Å². The lowest BCUT2D eigenvalue weighted by Crippen LogP contribution is -2.43. The molecule has 2 heterocycles. The maximum atomic E-state index is 13.4. The van der Waals surface area contributed by atoms with Crippen molar-refractivity contribution in [3.05, 3.63) is 119 Å². The summed E-state index contributed by atoms with van der Waals surface area (Å²) in [5.41, 5.74) is 4.11. The highest BCUT2D eigenvalue weighted by molar-refractivity contribution is 6.04. The summed E-state index contributed by atoms with van der Waals surface area (Å²) in [5, 5.41) is 5.96. The molecule has 4 amide bonds. The number of carbonyl (C=O) groups excluding carboxylic acids is 4. The molecule has 10 nitrogen and oxygen atoms in total. The minimum Gasteiger partial charge on any atom is -0.493 e. The molecular weight excluding hydrogens is 656 g/mol. The van der Waals surface area contributed by atoms with E-state index in [2.05, 4.69) is 10.6 Å². The van der Waals surface area contributed by atoms with Gasteiger partial charge in [-0.3, -0.25) is 19.2 Å². The summed E-state index contributed by atoms with van der Waals surface area (Å²) >= 11 is 0. The first kappa shape index (κ1) is 35.9. The molecule has 0 spiro atoms. The molecule has 0 aromatic heterocycles. The van der Waals surface area contributed by atoms with Gasteiger partial charge in [-0.05, 0) is 99.2 Å². The predicted octanol–water partition coefficient (Wildman–Crippen LogP) is 7.14. The van der Waals surface area contributed by atoms with Crippen LogP contribution in [0.3, 0.4) is 0 Å². The van der Waals surface area contributed by atoms with Crippen LogP contribution in [-0.4, -0.2) is 71.8 Å². The molecule has 0 unspecified atom stereocenters. The number of hydrogen-bond acceptors (Lipinski definition) is 6. The van der Waals surface area contributed by atoms with Crippen molar-refractivity contribution >= 4 is 47.2 Å². The predicted molar refractivity (Wildman–Crippen MR) is 202 cm³/mol. The van der Waals surface area contributed by atoms with Crippen LogP contribution in [0.25, 0.3) is 12.2 Å². The summed E-state index contributed by atoms with van der Waals surface area (Å²) in [5.74, 6) is 0.210. The fourth-order valence-corrected chi connectivity index (χ4v) is 6.72. The number of benzene rings is 4. The van der Waals surface area contributed by atoms with Gasteiger partial charge in [-0.2, -0.15) is 0 Å². The maximum absolute atomic E-state index is 13.4. The average Bonchev–Trinajstić information content (AvgIpc) is 3.87. The second-order valence-corrected chi connectivity index (χ2v) is 12.7. The monoisotopic (exact) mass is 700 g/mol. The highest BCUT2D eigenvalue weighted by atomic mass is 16.5. The first-order chi connectivity index (χ1) is 25.4. The molecule has 0 bridgehead atoms. The first-order valence-corrected chi connectivity index (χ1v) is 17.9. The van der Waals surface area contributed by atoms with Crippen molar-refractivity contribution in [1.29, 1.82) is 0 Å². The minimum atomic E-state index is -0.558. The van der Waals surface area contributed by atoms with E-state index < -0.39 is 12.1 Å². The molecule has 0 saturated carbocycles. The molecule has 2 aliphatic rings. The number of ether oxygens (including phenoxy) is 2. The number of para-hydroxylation sites is 2. The summed E-state index contributed by atoms with van der Waals surface area (Å²) in [6.07, 6.45) is 6.63. The smallest absolute Gasteiger partial charge is 0.258 e. The van der Waals surface area contributed by atoms with E-state index in [9.17, 15) is 19.2 Å². The van der Waals surface area contributed by atoms with Crippen LogP contribution < -0.4 is 20.1 Å². The van der Waals surface area contributed by atoms with E-state index in [0.29, 0.717) is 73.1 Å². The highest BCUT2D eigenvalue weighted by Gasteiger charge is 2.36. The maximum Gasteiger partial charge on any atom is 0.258 e. The lowest BCUT2D eigenvalue weighted by molar-refractivity contribution is -0.120. The zero-order chi connectivity index (χ0) is 36.5. The van der Waals surface area contributed by atoms with Gasteiger partial charge in [0.05, 0.1) is 24.3 Å². The van der Waals surface area contributed by atoms with E-state index in [1.54, 1.807) is 46.2 Å². The van der Waals surface area contributed by atoms with Crippen LogP contribution in [0.1, 0.15) is 71.4 Å². The quantitative estimate of drug-likeness (QED) is 0.152. The summed E-state index contributed by atoms with van der Waals surface area (Å²) in [6, 6.07) is 28.2. The van der Waals surface area contributed by atoms with Crippen molar-refractivity contribution in [3.63, 3.8) is 0 Å². The largest absolute Gasteiger partial charge is 0.493 e. The lowest BCUT2D eigenvalue weighted by atomic mass is 10.1. The first-order valence-electron chi connectivity index (χ1n) is 17.9. The third-order valence-corrected chi connectivity index (χ3v) is 9.29. The number of anilines is 2. The van der Waals surface area contributed by atoms with E-state index in [1.165, 1.54) is 0 Å². The van der Waals surface area contributed by atoms with Gasteiger partial charge in [0.1, 0.15) is 23.6 Å². The van der Waals surface area contributed by atoms with Crippen molar-refractivity contribution in [2.45, 2.75) is 51.6 Å². The Morgan fingerprint density at radius 2 is 0.981 bits per heavy atom. The number of likely N-dealkylation sites (tertiary alicyclic amines) is 2. The standard InChI is InChI=1S/C42H44N4O6/c1-3-51-37-15-7-5-11-33(37)41(49)45-27-9-13-35(45)39(47)43-31-23-19-29(20-24-31)17-18-30-21-25-32(26-22-30)44-40(48)36-14-10-28-46(36)42(50)34-12-6-8-16-38(34)52-4-2/h5-8,11-12,15-26,35-36H,3-4,9-10,13-14,27-28H2,1-2H3,(H,43,47)(H,44,48)/b18-17+/t35-,36-/m0/s1. The molecule has 4 aromatic rings. The molecule has 10 heteroatoms. The Labute approximate surface area is 304 Å². The third-order valence-electron chi connectivity index (χ3n) is 9.29. The van der Waals surface area contributed by atoms with Crippen molar-refractivity contribution in [2.24, 2.45) is 0 Å². The van der Waals surface area contributed by atoms with E-state index in [0.717, 1.165) is 24.0 Å². The molecule has 0 radical (unpaired) electrons. The van der Waals surface area contributed by atoms with Crippen LogP contribution in [0.2, 0.25) is 0 Å². The molecule has 6 rings (SSSR count). The van der Waals surface area contributed by atoms with Gasteiger partial charge in [-0.15, -0.1) is 0 Å². The van der Waals surface area contributed by atoms with Crippen molar-refractivity contribution < 1.29 is 28.7 Å². The van der Waals surface area contributed by atoms with Gasteiger partial charge in [0.15, 0.2) is 0 Å². The molecular formula is C42H44N4O6. The Balaban J connectivity index is 1.02. The van der Waals surface area contributed by atoms with Crippen molar-refractivity contribution in [2.75, 3.05) is 36.9 Å². The lowest BCUT2D eigenvalue weighted by Gasteiger charge is -2.25. The van der Waals surface area contributed by atoms with Gasteiger partial charge >= 0.3 is 0 Å². The van der Waals surface area contributed by atoms with Crippen LogP contribution in [0.5, 0.6) is 11.5 Å². The van der Waals surface area contributed by atoms with Gasteiger partial charge in [-0.1, -0.05) is 60.7 Å². The zero-order valence-electron chi connectivity index (χ0n) is 29.5. The summed E-state index contributed by atoms with van der Waals surface area (Å²) < 4.78 is 11.3. The Morgan fingerprint density at radius 3 is 1.37 bits per heavy atom. The third kappa shape index (κ3) is 8.34. The van der Waals surface area contributed by atoms with Crippen LogP contribution in [0, 0.1) is 0 Å². The number of carbonyl (C=O) groups is 4. The molecule has 2 atom stereocenters. The van der Waals surface area contributed by atoms with Gasteiger partial charge in [0.25, 0.3) is 11.8 Å². The fourth-order valence-electron chi connectivity index (χ4n) is 6.72. The molecule has 2 saturated heterocycles. The van der Waals surface area contributed by atoms with Crippen LogP contribution in [0.15, 0.2) is 97.1 Å². The molecule has 52 heavy (non-hydrogen) atoms. The normalized spacial score (nSPS) is 16.9. The van der Waals surface area contributed by atoms with Gasteiger partial charge in [0, 0.05) is 24.5 Å². The van der Waals surface area contributed by atoms with Crippen molar-refractivity contribution in [3.8, 4) is 11.5 Å². The minimum absolute atomic E-state index is 0.204. The van der Waals surface area contributed by atoms with Crippen LogP contribution in [0.4, 0.5) is 11.4 Å². The number of rotatable bonds is 12. The number of nitrogens with zero attached hydrogens (tertiary/aromatic N) is 2. The van der Waals surface area contributed by atoms with E-state index in [-0.39, 0.29) is 23.6 Å². The van der Waals surface area contributed by atoms with Gasteiger partial charge in [0.2, 0.25) is 11.8 Å². The van der Waals surface area contributed by atoms with Crippen LogP contribution in [-0.2, 0) is 9.59 Å². The number of hydrogen-bond donors (Lipinski definition) is 2. The SMILES string of the molecule is CCOc1ccccc1C(=O)N1CCC[C@H]1C(=O)Nc1ccc(/C=C/c2ccc(NC(=O)[C@@H]3CCCN3C(=O)c3ccccc3OCC)cc2)cc1. The van der Waals surface area contributed by atoms with Gasteiger partial charge in [-0.25, -0.2) is 0 Å². The Morgan fingerprint density at radius 1 is 0.596 bits per heavy atom. The Bertz CT molecular complexity index is 1780. The average molecular weight is 701 g/mol. The Kier molecular flexibility index (Phi) is 11.7. The summed E-state index contributed by atoms with van der Waals surface area (Å²) in [7, 11) is 0.